The molecule has 0 aliphatic rings. The fraction of sp³-hybridized carbons (Fsp3) is 0.533. The maximum atomic E-state index is 5.96. The molecule has 0 fully saturated rings. The van der Waals surface area contributed by atoms with Gasteiger partial charge in [-0.15, -0.1) is 11.3 Å². The van der Waals surface area contributed by atoms with Crippen molar-refractivity contribution >= 4 is 33.2 Å². The van der Waals surface area contributed by atoms with E-state index in [0.717, 1.165) is 11.9 Å². The zero-order chi connectivity index (χ0) is 13.6. The molecule has 0 saturated carbocycles. The zero-order valence-electron chi connectivity index (χ0n) is 11.7. The van der Waals surface area contributed by atoms with E-state index < -0.39 is 0 Å². The SMILES string of the molecule is CC(C)(C)CC(C)(C)c1ccc2nc(Cl)sc2c1. The summed E-state index contributed by atoms with van der Waals surface area (Å²) >= 11 is 7.52. The number of rotatable bonds is 2. The minimum Gasteiger partial charge on any atom is -0.225 e. The van der Waals surface area contributed by atoms with E-state index in [-0.39, 0.29) is 5.41 Å². The van der Waals surface area contributed by atoms with E-state index in [4.69, 9.17) is 11.6 Å². The summed E-state index contributed by atoms with van der Waals surface area (Å²) in [5.41, 5.74) is 2.86. The average molecular weight is 282 g/mol. The van der Waals surface area contributed by atoms with Gasteiger partial charge in [-0.3, -0.25) is 0 Å². The van der Waals surface area contributed by atoms with Gasteiger partial charge in [0.1, 0.15) is 0 Å². The molecular formula is C15H20ClNS. The van der Waals surface area contributed by atoms with E-state index in [1.54, 1.807) is 11.3 Å². The van der Waals surface area contributed by atoms with Crippen molar-refractivity contribution in [2.75, 3.05) is 0 Å². The first kappa shape index (κ1) is 13.8. The molecule has 0 amide bonds. The lowest BCUT2D eigenvalue weighted by atomic mass is 9.72. The highest BCUT2D eigenvalue weighted by Gasteiger charge is 2.27. The van der Waals surface area contributed by atoms with Crippen LogP contribution in [0.1, 0.15) is 46.6 Å². The van der Waals surface area contributed by atoms with E-state index in [9.17, 15) is 0 Å². The van der Waals surface area contributed by atoms with E-state index in [2.05, 4.69) is 57.8 Å². The Labute approximate surface area is 118 Å². The Morgan fingerprint density at radius 1 is 1.17 bits per heavy atom. The van der Waals surface area contributed by atoms with Crippen LogP contribution in [0.5, 0.6) is 0 Å². The van der Waals surface area contributed by atoms with Gasteiger partial charge in [-0.05, 0) is 34.9 Å². The van der Waals surface area contributed by atoms with E-state index in [1.807, 2.05) is 0 Å². The second kappa shape index (κ2) is 4.50. The van der Waals surface area contributed by atoms with Crippen molar-refractivity contribution in [2.24, 2.45) is 5.41 Å². The lowest BCUT2D eigenvalue weighted by molar-refractivity contribution is 0.284. The van der Waals surface area contributed by atoms with Crippen molar-refractivity contribution in [1.29, 1.82) is 0 Å². The highest BCUT2D eigenvalue weighted by atomic mass is 35.5. The third kappa shape index (κ3) is 3.04. The van der Waals surface area contributed by atoms with Crippen LogP contribution in [-0.2, 0) is 5.41 Å². The maximum Gasteiger partial charge on any atom is 0.184 e. The number of thiazole rings is 1. The summed E-state index contributed by atoms with van der Waals surface area (Å²) in [6.07, 6.45) is 1.15. The highest BCUT2D eigenvalue weighted by molar-refractivity contribution is 7.22. The predicted octanol–water partition coefficient (Wildman–Crippen LogP) is 5.66. The molecule has 0 N–H and O–H groups in total. The minimum atomic E-state index is 0.170. The lowest BCUT2D eigenvalue weighted by Gasteiger charge is -2.33. The number of fused-ring (bicyclic) bond motifs is 1. The van der Waals surface area contributed by atoms with Crippen molar-refractivity contribution in [3.63, 3.8) is 0 Å². The Balaban J connectivity index is 2.40. The molecule has 18 heavy (non-hydrogen) atoms. The summed E-state index contributed by atoms with van der Waals surface area (Å²) in [6, 6.07) is 6.51. The van der Waals surface area contributed by atoms with Crippen LogP contribution in [0.4, 0.5) is 0 Å². The van der Waals surface area contributed by atoms with Crippen LogP contribution >= 0.6 is 22.9 Å². The highest BCUT2D eigenvalue weighted by Crippen LogP contribution is 2.38. The molecule has 2 aromatic rings. The molecule has 1 heterocycles. The Morgan fingerprint density at radius 2 is 1.83 bits per heavy atom. The van der Waals surface area contributed by atoms with Gasteiger partial charge in [0.05, 0.1) is 10.2 Å². The summed E-state index contributed by atoms with van der Waals surface area (Å²) in [5.74, 6) is 0. The van der Waals surface area contributed by atoms with Gasteiger partial charge in [-0.1, -0.05) is 52.3 Å². The summed E-state index contributed by atoms with van der Waals surface area (Å²) in [7, 11) is 0. The minimum absolute atomic E-state index is 0.170. The molecule has 0 unspecified atom stereocenters. The topological polar surface area (TPSA) is 12.9 Å². The normalized spacial score (nSPS) is 13.2. The van der Waals surface area contributed by atoms with Crippen LogP contribution in [0.2, 0.25) is 4.47 Å². The van der Waals surface area contributed by atoms with Gasteiger partial charge in [0.15, 0.2) is 4.47 Å². The van der Waals surface area contributed by atoms with Gasteiger partial charge in [0, 0.05) is 0 Å². The Hall–Kier alpha value is -0.600. The first-order valence-electron chi connectivity index (χ1n) is 6.24. The van der Waals surface area contributed by atoms with Crippen molar-refractivity contribution in [3.05, 3.63) is 28.2 Å². The molecule has 0 bridgehead atoms. The van der Waals surface area contributed by atoms with Gasteiger partial charge < -0.3 is 0 Å². The van der Waals surface area contributed by atoms with Crippen LogP contribution in [0, 0.1) is 5.41 Å². The molecule has 0 aliphatic carbocycles. The smallest absolute Gasteiger partial charge is 0.184 e. The molecule has 0 saturated heterocycles. The van der Waals surface area contributed by atoms with Crippen LogP contribution in [0.15, 0.2) is 18.2 Å². The third-order valence-electron chi connectivity index (χ3n) is 3.12. The average Bonchev–Trinajstić information content (AvgIpc) is 2.52. The first-order chi connectivity index (χ1) is 8.17. The number of halogens is 1. The Kier molecular flexibility index (Phi) is 3.46. The summed E-state index contributed by atoms with van der Waals surface area (Å²) < 4.78 is 1.80. The maximum absolute atomic E-state index is 5.96. The van der Waals surface area contributed by atoms with Crippen molar-refractivity contribution in [1.82, 2.24) is 4.98 Å². The molecule has 1 nitrogen and oxygen atoms in total. The Bertz CT molecular complexity index is 563. The molecule has 0 spiro atoms. The second-order valence-electron chi connectivity index (χ2n) is 6.77. The molecule has 1 aromatic carbocycles. The van der Waals surface area contributed by atoms with Gasteiger partial charge in [-0.2, -0.15) is 0 Å². The van der Waals surface area contributed by atoms with Crippen molar-refractivity contribution in [2.45, 2.75) is 46.5 Å². The molecule has 1 aromatic heterocycles. The van der Waals surface area contributed by atoms with Gasteiger partial charge in [-0.25, -0.2) is 4.98 Å². The van der Waals surface area contributed by atoms with Crippen molar-refractivity contribution in [3.8, 4) is 0 Å². The molecular weight excluding hydrogens is 262 g/mol. The molecule has 0 radical (unpaired) electrons. The second-order valence-corrected chi connectivity index (χ2v) is 8.38. The summed E-state index contributed by atoms with van der Waals surface area (Å²) in [6.45, 7) is 11.5. The molecule has 3 heteroatoms. The van der Waals surface area contributed by atoms with E-state index in [1.165, 1.54) is 10.3 Å². The fourth-order valence-corrected chi connectivity index (χ4v) is 3.82. The number of hydrogen-bond acceptors (Lipinski definition) is 2. The monoisotopic (exact) mass is 281 g/mol. The summed E-state index contributed by atoms with van der Waals surface area (Å²) in [5, 5.41) is 0. The number of aromatic nitrogens is 1. The van der Waals surface area contributed by atoms with Gasteiger partial charge in [0.2, 0.25) is 0 Å². The first-order valence-corrected chi connectivity index (χ1v) is 7.43. The summed E-state index contributed by atoms with van der Waals surface area (Å²) in [4.78, 5) is 4.29. The predicted molar refractivity (Wildman–Crippen MR) is 81.7 cm³/mol. The van der Waals surface area contributed by atoms with E-state index >= 15 is 0 Å². The van der Waals surface area contributed by atoms with E-state index in [0.29, 0.717) is 9.88 Å². The van der Waals surface area contributed by atoms with Crippen LogP contribution < -0.4 is 0 Å². The molecule has 98 valence electrons. The zero-order valence-corrected chi connectivity index (χ0v) is 13.2. The number of benzene rings is 1. The largest absolute Gasteiger partial charge is 0.225 e. The molecule has 0 aliphatic heterocycles. The number of hydrogen-bond donors (Lipinski definition) is 0. The van der Waals surface area contributed by atoms with Crippen LogP contribution in [0.25, 0.3) is 10.2 Å². The molecule has 0 atom stereocenters. The number of nitrogens with zero attached hydrogens (tertiary/aromatic N) is 1. The van der Waals surface area contributed by atoms with Gasteiger partial charge in [0.25, 0.3) is 0 Å². The fourth-order valence-electron chi connectivity index (χ4n) is 2.75. The van der Waals surface area contributed by atoms with Gasteiger partial charge >= 0.3 is 0 Å². The van der Waals surface area contributed by atoms with Crippen molar-refractivity contribution < 1.29 is 0 Å². The van der Waals surface area contributed by atoms with Crippen LogP contribution in [0.3, 0.4) is 0 Å². The van der Waals surface area contributed by atoms with Crippen LogP contribution in [-0.4, -0.2) is 4.98 Å². The molecule has 2 rings (SSSR count). The quantitative estimate of drug-likeness (QED) is 0.692. The lowest BCUT2D eigenvalue weighted by Crippen LogP contribution is -2.24. The Morgan fingerprint density at radius 3 is 2.44 bits per heavy atom. The third-order valence-corrected chi connectivity index (χ3v) is 4.24. The standard InChI is InChI=1S/C15H20ClNS/c1-14(2,3)9-15(4,5)10-6-7-11-12(8-10)18-13(16)17-11/h6-8H,9H2,1-5H3.